The van der Waals surface area contributed by atoms with Crippen LogP contribution in [0.15, 0.2) is 65.6 Å². The first-order valence-corrected chi connectivity index (χ1v) is 12.0. The molecule has 0 aliphatic heterocycles. The SMILES string of the molecule is CN(C)c1cccc2c(S(=O)(=O)NCCn3nnnc3OC(=O)c3cccc(Cl)c3)cccc12. The molecule has 34 heavy (non-hydrogen) atoms. The largest absolute Gasteiger partial charge is 0.386 e. The van der Waals surface area contributed by atoms with E-state index >= 15 is 0 Å². The number of halogens is 1. The van der Waals surface area contributed by atoms with Gasteiger partial charge in [0.1, 0.15) is 0 Å². The minimum atomic E-state index is -3.84. The maximum atomic E-state index is 13.1. The zero-order chi connectivity index (χ0) is 24.3. The number of ether oxygens (including phenoxy) is 1. The Kier molecular flexibility index (Phi) is 6.77. The lowest BCUT2D eigenvalue weighted by molar-refractivity contribution is 0.0709. The molecule has 3 aromatic carbocycles. The highest BCUT2D eigenvalue weighted by Gasteiger charge is 2.19. The molecule has 176 valence electrons. The number of benzene rings is 3. The van der Waals surface area contributed by atoms with Crippen LogP contribution in [0.5, 0.6) is 6.01 Å². The molecule has 1 aromatic heterocycles. The number of carbonyl (C=O) groups excluding carboxylic acids is 1. The van der Waals surface area contributed by atoms with Crippen LogP contribution in [-0.2, 0) is 16.6 Å². The van der Waals surface area contributed by atoms with Gasteiger partial charge in [-0.3, -0.25) is 0 Å². The van der Waals surface area contributed by atoms with Gasteiger partial charge >= 0.3 is 12.0 Å². The molecular weight excluding hydrogens is 480 g/mol. The number of hydrogen-bond donors (Lipinski definition) is 1. The zero-order valence-electron chi connectivity index (χ0n) is 18.3. The molecule has 0 saturated heterocycles. The fourth-order valence-electron chi connectivity index (χ4n) is 3.42. The Morgan fingerprint density at radius 1 is 1.09 bits per heavy atom. The third kappa shape index (κ3) is 5.01. The van der Waals surface area contributed by atoms with Crippen LogP contribution in [0, 0.1) is 0 Å². The third-order valence-electron chi connectivity index (χ3n) is 4.99. The fraction of sp³-hybridized carbons (Fsp3) is 0.182. The van der Waals surface area contributed by atoms with E-state index < -0.39 is 16.0 Å². The van der Waals surface area contributed by atoms with Gasteiger partial charge in [0, 0.05) is 42.1 Å². The lowest BCUT2D eigenvalue weighted by Crippen LogP contribution is -2.28. The molecule has 10 nitrogen and oxygen atoms in total. The number of nitrogens with one attached hydrogen (secondary N) is 1. The van der Waals surface area contributed by atoms with Crippen molar-refractivity contribution in [1.82, 2.24) is 24.9 Å². The molecule has 0 saturated carbocycles. The quantitative estimate of drug-likeness (QED) is 0.367. The summed E-state index contributed by atoms with van der Waals surface area (Å²) in [5.74, 6) is -0.688. The Bertz CT molecular complexity index is 1450. The van der Waals surface area contributed by atoms with Gasteiger partial charge in [0.15, 0.2) is 0 Å². The van der Waals surface area contributed by atoms with Crippen LogP contribution in [0.4, 0.5) is 5.69 Å². The standard InChI is InChI=1S/C22H21ClN6O4S/c1-28(2)19-10-4-9-18-17(19)8-5-11-20(18)34(31,32)24-12-13-29-22(25-26-27-29)33-21(30)15-6-3-7-16(23)14-15/h3-11,14,24H,12-13H2,1-2H3. The van der Waals surface area contributed by atoms with Gasteiger partial charge in [-0.2, -0.15) is 4.68 Å². The molecule has 0 unspecified atom stereocenters. The summed E-state index contributed by atoms with van der Waals surface area (Å²) in [6, 6.07) is 16.7. The highest BCUT2D eigenvalue weighted by atomic mass is 35.5. The van der Waals surface area contributed by atoms with E-state index in [2.05, 4.69) is 20.2 Å². The normalized spacial score (nSPS) is 11.5. The molecule has 0 amide bonds. The predicted octanol–water partition coefficient (Wildman–Crippen LogP) is 2.74. The second-order valence-corrected chi connectivity index (χ2v) is 9.68. The summed E-state index contributed by atoms with van der Waals surface area (Å²) in [4.78, 5) is 14.4. The van der Waals surface area contributed by atoms with Crippen molar-refractivity contribution in [2.45, 2.75) is 11.4 Å². The minimum absolute atomic E-state index is 0.0289. The molecule has 12 heteroatoms. The van der Waals surface area contributed by atoms with Gasteiger partial charge in [0.05, 0.1) is 17.0 Å². The first kappa shape index (κ1) is 23.6. The number of hydrogen-bond acceptors (Lipinski definition) is 8. The van der Waals surface area contributed by atoms with Gasteiger partial charge in [-0.15, -0.1) is 0 Å². The monoisotopic (exact) mass is 500 g/mol. The third-order valence-corrected chi connectivity index (χ3v) is 6.74. The maximum Gasteiger partial charge on any atom is 0.346 e. The van der Waals surface area contributed by atoms with Gasteiger partial charge in [-0.1, -0.05) is 47.0 Å². The fourth-order valence-corrected chi connectivity index (χ4v) is 4.85. The molecule has 0 atom stereocenters. The van der Waals surface area contributed by atoms with E-state index in [1.165, 1.54) is 10.7 Å². The van der Waals surface area contributed by atoms with E-state index in [0.29, 0.717) is 10.4 Å². The number of aromatic nitrogens is 4. The summed E-state index contributed by atoms with van der Waals surface area (Å²) in [6.07, 6.45) is 0. The van der Waals surface area contributed by atoms with E-state index in [9.17, 15) is 13.2 Å². The van der Waals surface area contributed by atoms with Gasteiger partial charge in [0.25, 0.3) is 0 Å². The first-order valence-electron chi connectivity index (χ1n) is 10.2. The highest BCUT2D eigenvalue weighted by molar-refractivity contribution is 7.89. The van der Waals surface area contributed by atoms with Crippen LogP contribution >= 0.6 is 11.6 Å². The summed E-state index contributed by atoms with van der Waals surface area (Å²) in [6.45, 7) is 0.0109. The number of carbonyl (C=O) groups is 1. The number of nitrogens with zero attached hydrogens (tertiary/aromatic N) is 5. The van der Waals surface area contributed by atoms with Gasteiger partial charge in [-0.05, 0) is 40.8 Å². The molecular formula is C22H21ClN6O4S. The maximum absolute atomic E-state index is 13.1. The van der Waals surface area contributed by atoms with Crippen LogP contribution in [0.1, 0.15) is 10.4 Å². The number of fused-ring (bicyclic) bond motifs is 1. The van der Waals surface area contributed by atoms with E-state index in [4.69, 9.17) is 16.3 Å². The second kappa shape index (κ2) is 9.75. The number of sulfonamides is 1. The van der Waals surface area contributed by atoms with Crippen molar-refractivity contribution >= 4 is 44.1 Å². The lowest BCUT2D eigenvalue weighted by atomic mass is 10.1. The molecule has 4 aromatic rings. The van der Waals surface area contributed by atoms with Crippen molar-refractivity contribution in [3.8, 4) is 6.01 Å². The van der Waals surface area contributed by atoms with E-state index in [-0.39, 0.29) is 29.6 Å². The van der Waals surface area contributed by atoms with Crippen LogP contribution in [0.2, 0.25) is 5.02 Å². The Morgan fingerprint density at radius 3 is 2.59 bits per heavy atom. The van der Waals surface area contributed by atoms with Crippen molar-refractivity contribution in [3.63, 3.8) is 0 Å². The molecule has 1 heterocycles. The zero-order valence-corrected chi connectivity index (χ0v) is 19.9. The Hall–Kier alpha value is -3.54. The molecule has 0 spiro atoms. The summed E-state index contributed by atoms with van der Waals surface area (Å²) in [5, 5.41) is 12.8. The average Bonchev–Trinajstić information content (AvgIpc) is 3.24. The molecule has 1 N–H and O–H groups in total. The number of rotatable bonds is 8. The Labute approximate surface area is 201 Å². The van der Waals surface area contributed by atoms with Crippen molar-refractivity contribution in [2.75, 3.05) is 25.5 Å². The van der Waals surface area contributed by atoms with Gasteiger partial charge in [-0.25, -0.2) is 17.9 Å². The summed E-state index contributed by atoms with van der Waals surface area (Å²) in [5.41, 5.74) is 1.14. The van der Waals surface area contributed by atoms with Crippen LogP contribution < -0.4 is 14.4 Å². The summed E-state index contributed by atoms with van der Waals surface area (Å²) in [7, 11) is -0.0392. The summed E-state index contributed by atoms with van der Waals surface area (Å²) >= 11 is 5.90. The van der Waals surface area contributed by atoms with E-state index in [1.54, 1.807) is 36.4 Å². The Morgan fingerprint density at radius 2 is 1.82 bits per heavy atom. The second-order valence-electron chi connectivity index (χ2n) is 7.51. The lowest BCUT2D eigenvalue weighted by Gasteiger charge is -2.17. The van der Waals surface area contributed by atoms with Crippen LogP contribution in [-0.4, -0.2) is 55.2 Å². The minimum Gasteiger partial charge on any atom is -0.386 e. The van der Waals surface area contributed by atoms with Crippen molar-refractivity contribution in [1.29, 1.82) is 0 Å². The molecule has 0 aliphatic carbocycles. The summed E-state index contributed by atoms with van der Waals surface area (Å²) < 4.78 is 35.1. The smallest absolute Gasteiger partial charge is 0.346 e. The molecule has 0 fully saturated rings. The molecule has 4 rings (SSSR count). The number of anilines is 1. The molecule has 0 aliphatic rings. The number of esters is 1. The molecule has 0 bridgehead atoms. The van der Waals surface area contributed by atoms with Crippen molar-refractivity contribution in [3.05, 3.63) is 71.2 Å². The van der Waals surface area contributed by atoms with Crippen LogP contribution in [0.3, 0.4) is 0 Å². The van der Waals surface area contributed by atoms with Crippen molar-refractivity contribution < 1.29 is 17.9 Å². The molecule has 0 radical (unpaired) electrons. The van der Waals surface area contributed by atoms with Gasteiger partial charge < -0.3 is 9.64 Å². The average molecular weight is 501 g/mol. The Balaban J connectivity index is 1.47. The highest BCUT2D eigenvalue weighted by Crippen LogP contribution is 2.30. The van der Waals surface area contributed by atoms with Gasteiger partial charge in [0.2, 0.25) is 10.0 Å². The predicted molar refractivity (Wildman–Crippen MR) is 128 cm³/mol. The van der Waals surface area contributed by atoms with E-state index in [0.717, 1.165) is 11.1 Å². The first-order chi connectivity index (χ1) is 16.3. The van der Waals surface area contributed by atoms with E-state index in [1.807, 2.05) is 37.2 Å². The van der Waals surface area contributed by atoms with Crippen molar-refractivity contribution in [2.24, 2.45) is 0 Å². The topological polar surface area (TPSA) is 119 Å². The number of tetrazole rings is 1. The van der Waals surface area contributed by atoms with Crippen LogP contribution in [0.25, 0.3) is 10.8 Å².